The quantitative estimate of drug-likeness (QED) is 0.351. The molecule has 0 bridgehead atoms. The minimum absolute atomic E-state index is 0.0569. The molecular formula is C24H18N6O2S2. The van der Waals surface area contributed by atoms with Gasteiger partial charge < -0.3 is 5.32 Å². The van der Waals surface area contributed by atoms with E-state index in [0.29, 0.717) is 16.5 Å². The Morgan fingerprint density at radius 3 is 2.56 bits per heavy atom. The number of fused-ring (bicyclic) bond motifs is 1. The number of thiazole rings is 2. The fraction of sp³-hybridized carbons (Fsp3) is 0.0833. The third-order valence-corrected chi connectivity index (χ3v) is 6.72. The first kappa shape index (κ1) is 21.8. The van der Waals surface area contributed by atoms with Crippen molar-refractivity contribution >= 4 is 55.5 Å². The van der Waals surface area contributed by atoms with E-state index in [0.717, 1.165) is 20.8 Å². The van der Waals surface area contributed by atoms with Crippen LogP contribution in [0.5, 0.6) is 0 Å². The summed E-state index contributed by atoms with van der Waals surface area (Å²) in [7, 11) is 0. The number of nitrogens with one attached hydrogen (secondary N) is 2. The number of benzene rings is 2. The van der Waals surface area contributed by atoms with Gasteiger partial charge in [0.25, 0.3) is 5.91 Å². The number of hydrogen-bond donors (Lipinski definition) is 2. The van der Waals surface area contributed by atoms with Gasteiger partial charge in [-0.25, -0.2) is 19.9 Å². The zero-order valence-corrected chi connectivity index (χ0v) is 19.6. The second-order valence-corrected chi connectivity index (χ2v) is 9.35. The van der Waals surface area contributed by atoms with Crippen LogP contribution in [-0.4, -0.2) is 31.8 Å². The fourth-order valence-corrected chi connectivity index (χ4v) is 5.01. The summed E-state index contributed by atoms with van der Waals surface area (Å²) in [5, 5.41) is 8.58. The van der Waals surface area contributed by atoms with E-state index in [9.17, 15) is 9.59 Å². The summed E-state index contributed by atoms with van der Waals surface area (Å²) < 4.78 is 1.16. The highest BCUT2D eigenvalue weighted by Crippen LogP contribution is 2.31. The summed E-state index contributed by atoms with van der Waals surface area (Å²) in [6.45, 7) is 2.07. The highest BCUT2D eigenvalue weighted by molar-refractivity contribution is 7.21. The molecule has 10 heteroatoms. The molecule has 0 fully saturated rings. The Labute approximate surface area is 202 Å². The molecule has 2 aromatic carbocycles. The second kappa shape index (κ2) is 9.46. The summed E-state index contributed by atoms with van der Waals surface area (Å²) in [4.78, 5) is 41.4. The van der Waals surface area contributed by atoms with Gasteiger partial charge in [0, 0.05) is 29.0 Å². The Kier molecular flexibility index (Phi) is 6.07. The van der Waals surface area contributed by atoms with Gasteiger partial charge in [0.05, 0.1) is 22.3 Å². The first-order valence-corrected chi connectivity index (χ1v) is 12.0. The van der Waals surface area contributed by atoms with Crippen molar-refractivity contribution in [3.05, 3.63) is 83.4 Å². The molecule has 0 aliphatic rings. The number of carbonyl (C=O) groups excluding carboxylic acids is 2. The third-order valence-electron chi connectivity index (χ3n) is 4.84. The molecule has 0 atom stereocenters. The van der Waals surface area contributed by atoms with Crippen LogP contribution in [0.4, 0.5) is 10.8 Å². The Hall–Kier alpha value is -4.02. The maximum absolute atomic E-state index is 12.5. The van der Waals surface area contributed by atoms with Crippen molar-refractivity contribution in [2.45, 2.75) is 13.3 Å². The summed E-state index contributed by atoms with van der Waals surface area (Å²) in [6, 6.07) is 15.5. The normalized spacial score (nSPS) is 10.9. The molecule has 168 valence electrons. The average molecular weight is 487 g/mol. The molecule has 5 rings (SSSR count). The molecule has 2 N–H and O–H groups in total. The van der Waals surface area contributed by atoms with E-state index in [2.05, 4.69) is 44.6 Å². The van der Waals surface area contributed by atoms with Gasteiger partial charge in [-0.2, -0.15) is 0 Å². The van der Waals surface area contributed by atoms with Crippen molar-refractivity contribution in [3.8, 4) is 10.6 Å². The van der Waals surface area contributed by atoms with Gasteiger partial charge >= 0.3 is 0 Å². The number of hydrogen-bond acceptors (Lipinski definition) is 8. The Bertz CT molecular complexity index is 1480. The number of rotatable bonds is 6. The van der Waals surface area contributed by atoms with Crippen LogP contribution in [0.25, 0.3) is 20.8 Å². The Morgan fingerprint density at radius 1 is 0.971 bits per heavy atom. The van der Waals surface area contributed by atoms with Gasteiger partial charge in [-0.3, -0.25) is 14.9 Å². The molecule has 8 nitrogen and oxygen atoms in total. The van der Waals surface area contributed by atoms with E-state index in [4.69, 9.17) is 4.98 Å². The van der Waals surface area contributed by atoms with Crippen LogP contribution >= 0.6 is 22.7 Å². The molecule has 5 aromatic rings. The molecule has 3 aromatic heterocycles. The van der Waals surface area contributed by atoms with Crippen LogP contribution in [-0.2, 0) is 11.2 Å². The van der Waals surface area contributed by atoms with Crippen LogP contribution < -0.4 is 10.6 Å². The minimum atomic E-state index is -0.450. The molecule has 0 aliphatic carbocycles. The topological polar surface area (TPSA) is 110 Å². The van der Waals surface area contributed by atoms with Gasteiger partial charge in [-0.15, -0.1) is 22.7 Å². The second-order valence-electron chi connectivity index (χ2n) is 7.46. The summed E-state index contributed by atoms with van der Waals surface area (Å²) in [6.07, 6.45) is 3.07. The van der Waals surface area contributed by atoms with Crippen molar-refractivity contribution < 1.29 is 9.59 Å². The highest BCUT2D eigenvalue weighted by Gasteiger charge is 2.13. The maximum Gasteiger partial charge on any atom is 0.295 e. The van der Waals surface area contributed by atoms with E-state index in [1.54, 1.807) is 22.8 Å². The molecule has 2 amide bonds. The summed E-state index contributed by atoms with van der Waals surface area (Å²) in [5.74, 6) is -0.589. The van der Waals surface area contributed by atoms with E-state index >= 15 is 0 Å². The molecule has 0 saturated carbocycles. The zero-order chi connectivity index (χ0) is 23.5. The van der Waals surface area contributed by atoms with Crippen LogP contribution in [0.3, 0.4) is 0 Å². The largest absolute Gasteiger partial charge is 0.326 e. The Balaban J connectivity index is 1.19. The van der Waals surface area contributed by atoms with E-state index in [-0.39, 0.29) is 18.2 Å². The predicted molar refractivity (Wildman–Crippen MR) is 134 cm³/mol. The van der Waals surface area contributed by atoms with Crippen molar-refractivity contribution in [3.63, 3.8) is 0 Å². The van der Waals surface area contributed by atoms with Crippen LogP contribution in [0.1, 0.15) is 21.9 Å². The predicted octanol–water partition coefficient (Wildman–Crippen LogP) is 4.95. The lowest BCUT2D eigenvalue weighted by Gasteiger charge is -2.05. The molecular weight excluding hydrogens is 468 g/mol. The van der Waals surface area contributed by atoms with Crippen molar-refractivity contribution in [1.29, 1.82) is 0 Å². The standard InChI is InChI=1S/C24H18N6O2S2/c1-14-3-8-18-19(11-14)34-23(29-18)15-4-6-16(7-5-15)27-20(31)12-17-13-33-24(28-17)30-22(32)21-25-9-2-10-26-21/h2-11,13H,12H2,1H3,(H,27,31)(H,28,30,32). The molecule has 3 heterocycles. The van der Waals surface area contributed by atoms with Crippen molar-refractivity contribution in [2.24, 2.45) is 0 Å². The summed E-state index contributed by atoms with van der Waals surface area (Å²) >= 11 is 2.89. The van der Waals surface area contributed by atoms with Gasteiger partial charge in [0.1, 0.15) is 5.01 Å². The molecule has 0 unspecified atom stereocenters. The van der Waals surface area contributed by atoms with Crippen molar-refractivity contribution in [1.82, 2.24) is 19.9 Å². The highest BCUT2D eigenvalue weighted by atomic mass is 32.1. The number of anilines is 2. The van der Waals surface area contributed by atoms with E-state index in [1.165, 1.54) is 29.3 Å². The van der Waals surface area contributed by atoms with E-state index in [1.807, 2.05) is 30.3 Å². The number of aromatic nitrogens is 4. The SMILES string of the molecule is Cc1ccc2nc(-c3ccc(NC(=O)Cc4csc(NC(=O)c5ncccn5)n4)cc3)sc2c1. The Morgan fingerprint density at radius 2 is 1.76 bits per heavy atom. The maximum atomic E-state index is 12.5. The lowest BCUT2D eigenvalue weighted by Crippen LogP contribution is -2.16. The minimum Gasteiger partial charge on any atom is -0.326 e. The monoisotopic (exact) mass is 486 g/mol. The molecule has 0 spiro atoms. The summed E-state index contributed by atoms with van der Waals surface area (Å²) in [5.41, 5.74) is 4.45. The molecule has 0 aliphatic heterocycles. The number of nitrogens with zero attached hydrogens (tertiary/aromatic N) is 4. The van der Waals surface area contributed by atoms with Gasteiger partial charge in [-0.05, 0) is 55.0 Å². The number of amides is 2. The van der Waals surface area contributed by atoms with Crippen LogP contribution in [0.2, 0.25) is 0 Å². The first-order valence-electron chi connectivity index (χ1n) is 10.3. The van der Waals surface area contributed by atoms with Crippen LogP contribution in [0, 0.1) is 6.92 Å². The zero-order valence-electron chi connectivity index (χ0n) is 18.0. The fourth-order valence-electron chi connectivity index (χ4n) is 3.24. The first-order chi connectivity index (χ1) is 16.5. The average Bonchev–Trinajstić information content (AvgIpc) is 3.46. The van der Waals surface area contributed by atoms with Crippen LogP contribution in [0.15, 0.2) is 66.3 Å². The molecule has 0 saturated heterocycles. The van der Waals surface area contributed by atoms with Gasteiger partial charge in [0.2, 0.25) is 11.7 Å². The number of carbonyl (C=O) groups is 2. The van der Waals surface area contributed by atoms with Gasteiger partial charge in [-0.1, -0.05) is 6.07 Å². The molecule has 0 radical (unpaired) electrons. The number of aryl methyl sites for hydroxylation is 1. The smallest absolute Gasteiger partial charge is 0.295 e. The van der Waals surface area contributed by atoms with Crippen molar-refractivity contribution in [2.75, 3.05) is 10.6 Å². The van der Waals surface area contributed by atoms with E-state index < -0.39 is 5.91 Å². The lowest BCUT2D eigenvalue weighted by molar-refractivity contribution is -0.115. The third kappa shape index (κ3) is 4.98. The molecule has 34 heavy (non-hydrogen) atoms. The lowest BCUT2D eigenvalue weighted by atomic mass is 10.2. The van der Waals surface area contributed by atoms with Gasteiger partial charge in [0.15, 0.2) is 5.13 Å².